The van der Waals surface area contributed by atoms with Gasteiger partial charge in [0, 0.05) is 53.2 Å². The van der Waals surface area contributed by atoms with Crippen molar-refractivity contribution in [2.45, 2.75) is 101 Å². The number of rotatable bonds is 16. The van der Waals surface area contributed by atoms with Crippen LogP contribution >= 0.6 is 11.6 Å². The van der Waals surface area contributed by atoms with Crippen LogP contribution in [0.5, 0.6) is 0 Å². The van der Waals surface area contributed by atoms with E-state index in [1.54, 1.807) is 0 Å². The summed E-state index contributed by atoms with van der Waals surface area (Å²) in [5.74, 6) is -7.51. The molecule has 2 aliphatic rings. The van der Waals surface area contributed by atoms with E-state index in [-0.39, 0.29) is 54.6 Å². The lowest BCUT2D eigenvalue weighted by Crippen LogP contribution is -2.35. The fourth-order valence-corrected chi connectivity index (χ4v) is 9.39. The summed E-state index contributed by atoms with van der Waals surface area (Å²) in [4.78, 5) is 42.8. The van der Waals surface area contributed by atoms with Gasteiger partial charge in [0.15, 0.2) is 15.5 Å². The summed E-state index contributed by atoms with van der Waals surface area (Å²) in [5, 5.41) is 18.1. The highest BCUT2D eigenvalue weighted by molar-refractivity contribution is 7.92. The molecular formula is C44H38ClF10N7O8S2. The lowest BCUT2D eigenvalue weighted by atomic mass is 9.93. The minimum atomic E-state index is -5.22. The van der Waals surface area contributed by atoms with Crippen LogP contribution in [0.2, 0.25) is 5.02 Å². The van der Waals surface area contributed by atoms with Crippen LogP contribution in [-0.4, -0.2) is 85.8 Å². The van der Waals surface area contributed by atoms with Gasteiger partial charge in [-0.25, -0.2) is 34.9 Å². The van der Waals surface area contributed by atoms with Crippen molar-refractivity contribution in [3.8, 4) is 23.0 Å². The molecule has 28 heteroatoms. The third kappa shape index (κ3) is 11.2. The second kappa shape index (κ2) is 19.3. The molecule has 5 aromatic rings. The van der Waals surface area contributed by atoms with Crippen LogP contribution < -0.4 is 5.32 Å². The Kier molecular flexibility index (Phi) is 14.3. The number of hydrogen-bond donors (Lipinski definition) is 3. The molecule has 0 saturated heterocycles. The van der Waals surface area contributed by atoms with Crippen LogP contribution in [0.4, 0.5) is 43.9 Å². The summed E-state index contributed by atoms with van der Waals surface area (Å²) in [6.45, 7) is -1.75. The van der Waals surface area contributed by atoms with Gasteiger partial charge in [0.05, 0.1) is 34.5 Å². The van der Waals surface area contributed by atoms with Crippen molar-refractivity contribution in [1.29, 1.82) is 0 Å². The minimum absolute atomic E-state index is 0.192. The highest BCUT2D eigenvalue weighted by atomic mass is 35.5. The van der Waals surface area contributed by atoms with Gasteiger partial charge < -0.3 is 10.4 Å². The molecule has 2 N–H and O–H groups in total. The zero-order valence-electron chi connectivity index (χ0n) is 37.4. The summed E-state index contributed by atoms with van der Waals surface area (Å²) in [7, 11) is -7.74. The molecule has 72 heavy (non-hydrogen) atoms. The van der Waals surface area contributed by atoms with Gasteiger partial charge in [-0.3, -0.25) is 23.7 Å². The second-order valence-corrected chi connectivity index (χ2v) is 21.5. The highest BCUT2D eigenvalue weighted by Gasteiger charge is 2.68. The van der Waals surface area contributed by atoms with Crippen LogP contribution in [0.15, 0.2) is 42.5 Å². The summed E-state index contributed by atoms with van der Waals surface area (Å²) in [6.07, 6.45) is -11.9. The number of carbonyl (C=O) groups excluding carboxylic acids is 2. The fourth-order valence-electron chi connectivity index (χ4n) is 8.36. The Labute approximate surface area is 408 Å². The van der Waals surface area contributed by atoms with Gasteiger partial charge >= 0.3 is 18.3 Å². The number of thiol groups is 1. The van der Waals surface area contributed by atoms with E-state index in [2.05, 4.69) is 32.3 Å². The number of carboxylic acid groups (broad SMARTS) is 1. The molecular weight excluding hydrogens is 1040 g/mol. The molecule has 3 atom stereocenters. The van der Waals surface area contributed by atoms with Crippen molar-refractivity contribution < 1.29 is 80.2 Å². The van der Waals surface area contributed by atoms with E-state index in [1.807, 2.05) is 0 Å². The largest absolute Gasteiger partial charge is 0.481 e. The number of sulfone groups is 1. The van der Waals surface area contributed by atoms with Gasteiger partial charge in [-0.05, 0) is 80.8 Å². The van der Waals surface area contributed by atoms with E-state index in [0.717, 1.165) is 36.6 Å². The number of halogens is 11. The molecule has 0 spiro atoms. The molecule has 3 aromatic heterocycles. The van der Waals surface area contributed by atoms with Gasteiger partial charge in [-0.1, -0.05) is 23.6 Å². The normalized spacial score (nSPS) is 16.8. The lowest BCUT2D eigenvalue weighted by Gasteiger charge is -2.23. The van der Waals surface area contributed by atoms with E-state index >= 15 is 8.78 Å². The Balaban J connectivity index is 1.44. The second-order valence-electron chi connectivity index (χ2n) is 17.6. The van der Waals surface area contributed by atoms with Crippen molar-refractivity contribution in [1.82, 2.24) is 34.2 Å². The van der Waals surface area contributed by atoms with Crippen LogP contribution in [0.3, 0.4) is 0 Å². The molecule has 2 aromatic carbocycles. The van der Waals surface area contributed by atoms with Crippen molar-refractivity contribution >= 4 is 61.0 Å². The molecule has 1 saturated carbocycles. The number of pyridine rings is 1. The van der Waals surface area contributed by atoms with Gasteiger partial charge in [0.25, 0.3) is 5.92 Å². The standard InChI is InChI=1S/C44H38ClF10N7O8S2/c1-41(2,72(3,69)70)12-11-24-7-8-25(26-9-10-29(45)36-31(58-61(38(26)36)20-42(48,49)50)18-62(71(67)68)33(64)5-4-6-34(65)66)37(56-24)30(15-21-13-22(46)16-23(47)14-21)57-32(63)19-60-40-35(39(59-60)44(53,54)55)27-17-28(27)43(40,51)52/h7-10,13-14,16,27-28,30,71H,4-6,15,17-20H2,1-3H3,(H,57,63)(H,65,66)/t27-,28+,30?/m0/s1. The van der Waals surface area contributed by atoms with Crippen LogP contribution in [-0.2, 0) is 73.3 Å². The van der Waals surface area contributed by atoms with Crippen LogP contribution in [0, 0.1) is 29.4 Å². The molecule has 386 valence electrons. The van der Waals surface area contributed by atoms with Gasteiger partial charge in [0.2, 0.25) is 22.7 Å². The van der Waals surface area contributed by atoms with E-state index in [9.17, 15) is 66.3 Å². The zero-order chi connectivity index (χ0) is 53.2. The monoisotopic (exact) mass is 1080 g/mol. The molecule has 2 amide bonds. The first kappa shape index (κ1) is 53.5. The number of fused-ring (bicyclic) bond motifs is 4. The van der Waals surface area contributed by atoms with Crippen molar-refractivity contribution in [3.05, 3.63) is 98.7 Å². The number of benzene rings is 2. The molecule has 0 aliphatic heterocycles. The predicted molar refractivity (Wildman–Crippen MR) is 235 cm³/mol. The summed E-state index contributed by atoms with van der Waals surface area (Å²) >= 11 is 6.60. The average Bonchev–Trinajstić information content (AvgIpc) is 3.76. The Morgan fingerprint density at radius 3 is 2.24 bits per heavy atom. The Morgan fingerprint density at radius 2 is 1.64 bits per heavy atom. The number of carbonyl (C=O) groups is 3. The zero-order valence-corrected chi connectivity index (χ0v) is 39.9. The minimum Gasteiger partial charge on any atom is -0.481 e. The predicted octanol–water partition coefficient (Wildman–Crippen LogP) is 7.40. The first-order chi connectivity index (χ1) is 33.3. The highest BCUT2D eigenvalue weighted by Crippen LogP contribution is 2.68. The molecule has 1 unspecified atom stereocenters. The number of carboxylic acids is 1. The van der Waals surface area contributed by atoms with E-state index in [0.29, 0.717) is 10.7 Å². The van der Waals surface area contributed by atoms with Crippen molar-refractivity contribution in [2.24, 2.45) is 5.92 Å². The summed E-state index contributed by atoms with van der Waals surface area (Å²) < 4.78 is 196. The molecule has 0 bridgehead atoms. The third-order valence-electron chi connectivity index (χ3n) is 12.0. The van der Waals surface area contributed by atoms with E-state index in [1.165, 1.54) is 19.9 Å². The topological polar surface area (TPSA) is 204 Å². The van der Waals surface area contributed by atoms with Gasteiger partial charge in [0.1, 0.15) is 40.9 Å². The Hall–Kier alpha value is -6.27. The number of alkyl halides is 8. The summed E-state index contributed by atoms with van der Waals surface area (Å²) in [5.41, 5.74) is -6.12. The third-order valence-corrected chi connectivity index (χ3v) is 15.0. The lowest BCUT2D eigenvalue weighted by molar-refractivity contribution is -0.143. The molecule has 1 fully saturated rings. The smallest absolute Gasteiger partial charge is 0.435 e. The average molecular weight is 1080 g/mol. The molecule has 0 radical (unpaired) electrons. The number of aliphatic carboxylic acids is 1. The number of nitrogens with one attached hydrogen (secondary N) is 1. The Morgan fingerprint density at radius 1 is 0.986 bits per heavy atom. The quantitative estimate of drug-likeness (QED) is 0.0505. The molecule has 15 nitrogen and oxygen atoms in total. The van der Waals surface area contributed by atoms with Crippen LogP contribution in [0.25, 0.3) is 22.0 Å². The molecule has 3 heterocycles. The first-order valence-electron chi connectivity index (χ1n) is 21.2. The maximum atomic E-state index is 15.6. The van der Waals surface area contributed by atoms with E-state index in [4.69, 9.17) is 16.7 Å². The van der Waals surface area contributed by atoms with Crippen LogP contribution in [0.1, 0.15) is 91.1 Å². The fraction of sp³-hybridized carbons (Fsp3) is 0.409. The van der Waals surface area contributed by atoms with Gasteiger partial charge in [-0.2, -0.15) is 45.3 Å². The number of amides is 2. The number of hydrogen-bond acceptors (Lipinski definition) is 10. The summed E-state index contributed by atoms with van der Waals surface area (Å²) in [6, 6.07) is 4.94. The maximum Gasteiger partial charge on any atom is 0.435 e. The van der Waals surface area contributed by atoms with E-state index < -0.39 is 164 Å². The first-order valence-corrected chi connectivity index (χ1v) is 24.6. The number of aromatic nitrogens is 5. The maximum absolute atomic E-state index is 15.6. The molecule has 2 aliphatic carbocycles. The van der Waals surface area contributed by atoms with Gasteiger partial charge in [-0.15, -0.1) is 0 Å². The Bertz CT molecular complexity index is 3280. The van der Waals surface area contributed by atoms with Crippen molar-refractivity contribution in [3.63, 3.8) is 0 Å². The molecule has 7 rings (SSSR count). The van der Waals surface area contributed by atoms with Crippen molar-refractivity contribution in [2.75, 3.05) is 6.26 Å². The SMILES string of the molecule is CC(C)(C#Cc1ccc(-c2ccc(Cl)c3c(CN(C(=O)CCCC(=O)O)[SH](=O)=O)nn(CC(F)(F)F)c23)c(C(Cc2cc(F)cc(F)c2)NC(=O)Cn2nc(C(F)(F)F)c3c2C(F)(F)[C@@H]2C[C@H]32)n1)S(C)(=O)=O. The number of nitrogens with zero attached hydrogens (tertiary/aromatic N) is 6.